The maximum atomic E-state index is 12.3. The van der Waals surface area contributed by atoms with Crippen molar-refractivity contribution in [3.8, 4) is 0 Å². The largest absolute Gasteiger partial charge is 0.390 e. The van der Waals surface area contributed by atoms with Crippen LogP contribution in [0.3, 0.4) is 0 Å². The minimum Gasteiger partial charge on any atom is -0.390 e. The minimum absolute atomic E-state index is 0.0647. The van der Waals surface area contributed by atoms with Gasteiger partial charge in [-0.1, -0.05) is 12.1 Å². The fraction of sp³-hybridized carbons (Fsp3) is 0.538. The fourth-order valence-electron chi connectivity index (χ4n) is 2.26. The molecule has 0 unspecified atom stereocenters. The van der Waals surface area contributed by atoms with E-state index in [1.807, 2.05) is 0 Å². The van der Waals surface area contributed by atoms with Gasteiger partial charge in [0.2, 0.25) is 10.0 Å². The number of nitro groups is 1. The van der Waals surface area contributed by atoms with Crippen LogP contribution in [0.15, 0.2) is 24.3 Å². The molecule has 0 amide bonds. The SMILES string of the molecule is CC1(O)CCN(S(=O)(=O)Cc2ccc([N+](=O)[O-])cc2)CC1. The predicted molar refractivity (Wildman–Crippen MR) is 77.2 cm³/mol. The highest BCUT2D eigenvalue weighted by atomic mass is 32.2. The zero-order chi connectivity index (χ0) is 15.7. The van der Waals surface area contributed by atoms with Gasteiger partial charge in [-0.25, -0.2) is 12.7 Å². The summed E-state index contributed by atoms with van der Waals surface area (Å²) >= 11 is 0. The van der Waals surface area contributed by atoms with Crippen LogP contribution in [-0.2, 0) is 15.8 Å². The Labute approximate surface area is 123 Å². The van der Waals surface area contributed by atoms with E-state index in [4.69, 9.17) is 0 Å². The van der Waals surface area contributed by atoms with Crippen LogP contribution in [0.2, 0.25) is 0 Å². The van der Waals surface area contributed by atoms with Crippen LogP contribution in [0, 0.1) is 10.1 Å². The van der Waals surface area contributed by atoms with E-state index in [1.165, 1.54) is 28.6 Å². The molecule has 21 heavy (non-hydrogen) atoms. The highest BCUT2D eigenvalue weighted by molar-refractivity contribution is 7.88. The van der Waals surface area contributed by atoms with Crippen LogP contribution in [0.1, 0.15) is 25.3 Å². The third-order valence-electron chi connectivity index (χ3n) is 3.69. The first-order valence-corrected chi connectivity index (χ1v) is 8.24. The number of nitro benzene ring substituents is 1. The second kappa shape index (κ2) is 5.70. The summed E-state index contributed by atoms with van der Waals surface area (Å²) in [5.41, 5.74) is -0.359. The zero-order valence-corrected chi connectivity index (χ0v) is 12.5. The lowest BCUT2D eigenvalue weighted by molar-refractivity contribution is -0.384. The van der Waals surface area contributed by atoms with Crippen molar-refractivity contribution in [3.63, 3.8) is 0 Å². The molecule has 1 aliphatic rings. The second-order valence-electron chi connectivity index (χ2n) is 5.58. The number of hydrogen-bond acceptors (Lipinski definition) is 5. The van der Waals surface area contributed by atoms with Crippen LogP contribution in [-0.4, -0.2) is 41.4 Å². The molecule has 0 atom stereocenters. The van der Waals surface area contributed by atoms with E-state index in [0.29, 0.717) is 31.5 Å². The van der Waals surface area contributed by atoms with Crippen LogP contribution < -0.4 is 0 Å². The molecule has 0 aliphatic carbocycles. The van der Waals surface area contributed by atoms with E-state index in [1.54, 1.807) is 6.92 Å². The van der Waals surface area contributed by atoms with Crippen LogP contribution >= 0.6 is 0 Å². The molecule has 2 rings (SSSR count). The van der Waals surface area contributed by atoms with Crippen LogP contribution in [0.4, 0.5) is 5.69 Å². The molecule has 0 aromatic heterocycles. The third-order valence-corrected chi connectivity index (χ3v) is 5.54. The summed E-state index contributed by atoms with van der Waals surface area (Å²) in [6.07, 6.45) is 0.818. The topological polar surface area (TPSA) is 101 Å². The number of non-ortho nitro benzene ring substituents is 1. The van der Waals surface area contributed by atoms with Crippen LogP contribution in [0.25, 0.3) is 0 Å². The minimum atomic E-state index is -3.47. The van der Waals surface area contributed by atoms with Gasteiger partial charge in [0, 0.05) is 25.2 Å². The van der Waals surface area contributed by atoms with Gasteiger partial charge in [0.05, 0.1) is 16.3 Å². The second-order valence-corrected chi connectivity index (χ2v) is 7.54. The van der Waals surface area contributed by atoms with Gasteiger partial charge in [-0.3, -0.25) is 10.1 Å². The standard InChI is InChI=1S/C13H18N2O5S/c1-13(16)6-8-14(9-7-13)21(19,20)10-11-2-4-12(5-3-11)15(17)18/h2-5,16H,6-10H2,1H3. The summed E-state index contributed by atoms with van der Waals surface area (Å²) in [4.78, 5) is 10.0. The average Bonchev–Trinajstić information content (AvgIpc) is 2.38. The van der Waals surface area contributed by atoms with Gasteiger partial charge in [-0.05, 0) is 25.3 Å². The number of hydrogen-bond donors (Lipinski definition) is 1. The van der Waals surface area contributed by atoms with Crippen molar-refractivity contribution in [1.29, 1.82) is 0 Å². The normalized spacial score (nSPS) is 19.3. The lowest BCUT2D eigenvalue weighted by Gasteiger charge is -2.35. The highest BCUT2D eigenvalue weighted by Crippen LogP contribution is 2.24. The number of benzene rings is 1. The molecule has 7 nitrogen and oxygen atoms in total. The van der Waals surface area contributed by atoms with Crippen molar-refractivity contribution in [2.75, 3.05) is 13.1 Å². The molecule has 0 spiro atoms. The molecule has 0 bridgehead atoms. The fourth-order valence-corrected chi connectivity index (χ4v) is 3.80. The third kappa shape index (κ3) is 3.99. The molecule has 1 N–H and O–H groups in total. The first-order chi connectivity index (χ1) is 9.70. The van der Waals surface area contributed by atoms with Gasteiger partial charge in [0.25, 0.3) is 5.69 Å². The Balaban J connectivity index is 2.06. The first kappa shape index (κ1) is 15.9. The van der Waals surface area contributed by atoms with Crippen LogP contribution in [0.5, 0.6) is 0 Å². The summed E-state index contributed by atoms with van der Waals surface area (Å²) in [6.45, 7) is 2.29. The van der Waals surface area contributed by atoms with Gasteiger partial charge < -0.3 is 5.11 Å². The summed E-state index contributed by atoms with van der Waals surface area (Å²) in [7, 11) is -3.47. The Bertz CT molecular complexity index is 614. The molecule has 0 saturated carbocycles. The van der Waals surface area contributed by atoms with Crippen molar-refractivity contribution in [2.45, 2.75) is 31.1 Å². The van der Waals surface area contributed by atoms with Gasteiger partial charge in [0.1, 0.15) is 0 Å². The monoisotopic (exact) mass is 314 g/mol. The van der Waals surface area contributed by atoms with Crippen molar-refractivity contribution >= 4 is 15.7 Å². The Hall–Kier alpha value is -1.51. The highest BCUT2D eigenvalue weighted by Gasteiger charge is 2.33. The summed E-state index contributed by atoms with van der Waals surface area (Å²) in [5, 5.41) is 20.4. The van der Waals surface area contributed by atoms with Gasteiger partial charge in [0.15, 0.2) is 0 Å². The number of nitrogens with zero attached hydrogens (tertiary/aromatic N) is 2. The van der Waals surface area contributed by atoms with Crippen molar-refractivity contribution in [2.24, 2.45) is 0 Å². The zero-order valence-electron chi connectivity index (χ0n) is 11.7. The Morgan fingerprint density at radius 3 is 2.29 bits per heavy atom. The molecule has 116 valence electrons. The maximum absolute atomic E-state index is 12.3. The maximum Gasteiger partial charge on any atom is 0.269 e. The summed E-state index contributed by atoms with van der Waals surface area (Å²) in [5.74, 6) is -0.187. The van der Waals surface area contributed by atoms with E-state index in [9.17, 15) is 23.6 Å². The van der Waals surface area contributed by atoms with Crippen molar-refractivity contribution < 1.29 is 18.4 Å². The van der Waals surface area contributed by atoms with Crippen molar-refractivity contribution in [1.82, 2.24) is 4.31 Å². The van der Waals surface area contributed by atoms with Gasteiger partial charge in [-0.15, -0.1) is 0 Å². The number of aliphatic hydroxyl groups is 1. The van der Waals surface area contributed by atoms with Gasteiger partial charge >= 0.3 is 0 Å². The van der Waals surface area contributed by atoms with E-state index in [-0.39, 0.29) is 11.4 Å². The molecule has 1 aliphatic heterocycles. The predicted octanol–water partition coefficient (Wildman–Crippen LogP) is 1.27. The Morgan fingerprint density at radius 2 is 1.81 bits per heavy atom. The van der Waals surface area contributed by atoms with E-state index >= 15 is 0 Å². The Morgan fingerprint density at radius 1 is 1.29 bits per heavy atom. The average molecular weight is 314 g/mol. The van der Waals surface area contributed by atoms with Crippen molar-refractivity contribution in [3.05, 3.63) is 39.9 Å². The molecule has 1 aromatic carbocycles. The Kier molecular flexibility index (Phi) is 4.31. The lowest BCUT2D eigenvalue weighted by Crippen LogP contribution is -2.45. The van der Waals surface area contributed by atoms with Gasteiger partial charge in [-0.2, -0.15) is 0 Å². The van der Waals surface area contributed by atoms with E-state index in [2.05, 4.69) is 0 Å². The number of rotatable bonds is 4. The summed E-state index contributed by atoms with van der Waals surface area (Å²) in [6, 6.07) is 5.50. The summed E-state index contributed by atoms with van der Waals surface area (Å²) < 4.78 is 26.0. The number of piperidine rings is 1. The first-order valence-electron chi connectivity index (χ1n) is 6.63. The number of sulfonamides is 1. The van der Waals surface area contributed by atoms with E-state index in [0.717, 1.165) is 0 Å². The molecule has 1 fully saturated rings. The molecule has 0 radical (unpaired) electrons. The van der Waals surface area contributed by atoms with E-state index < -0.39 is 20.5 Å². The molecule has 8 heteroatoms. The lowest BCUT2D eigenvalue weighted by atomic mass is 9.95. The molecular formula is C13H18N2O5S. The molecule has 1 heterocycles. The molecule has 1 saturated heterocycles. The molecule has 1 aromatic rings. The smallest absolute Gasteiger partial charge is 0.269 e. The molecular weight excluding hydrogens is 296 g/mol. The quantitative estimate of drug-likeness (QED) is 0.666.